The Hall–Kier alpha value is -0.577. The monoisotopic (exact) mass is 862 g/mol. The van der Waals surface area contributed by atoms with E-state index in [0.29, 0.717) is 21.6 Å². The number of aromatic hydroxyl groups is 1. The van der Waals surface area contributed by atoms with Crippen molar-refractivity contribution in [3.63, 3.8) is 0 Å². The molecule has 0 amide bonds. The van der Waals surface area contributed by atoms with E-state index in [1.165, 1.54) is 31.9 Å². The number of hydrogen-bond acceptors (Lipinski definition) is 11. The number of benzene rings is 2. The van der Waals surface area contributed by atoms with E-state index in [0.717, 1.165) is 10.9 Å². The van der Waals surface area contributed by atoms with Gasteiger partial charge in [-0.25, -0.2) is 19.6 Å². The summed E-state index contributed by atoms with van der Waals surface area (Å²) in [7, 11) is 2.54. The Kier molecular flexibility index (Phi) is 29.4. The molecule has 0 atom stereocenters. The number of halogens is 3. The number of esters is 2. The van der Waals surface area contributed by atoms with E-state index in [4.69, 9.17) is 19.9 Å². The fourth-order valence-electron chi connectivity index (χ4n) is 2.76. The van der Waals surface area contributed by atoms with Gasteiger partial charge in [0.2, 0.25) is 0 Å². The molecule has 0 bridgehead atoms. The van der Waals surface area contributed by atoms with Crippen molar-refractivity contribution in [1.29, 1.82) is 0 Å². The van der Waals surface area contributed by atoms with Crippen molar-refractivity contribution in [2.24, 2.45) is 0 Å². The zero-order valence-electron chi connectivity index (χ0n) is 25.8. The molecule has 0 radical (unpaired) electrons. The minimum Gasteiger partial charge on any atom is -1.00 e. The molecule has 2 heterocycles. The quantitative estimate of drug-likeness (QED) is 0.0495. The summed E-state index contributed by atoms with van der Waals surface area (Å²) in [6.07, 6.45) is 0. The third kappa shape index (κ3) is 19.7. The van der Waals surface area contributed by atoms with E-state index in [9.17, 15) is 9.59 Å². The first kappa shape index (κ1) is 46.5. The maximum absolute atomic E-state index is 11.6. The number of ether oxygens (including phenoxy) is 3. The van der Waals surface area contributed by atoms with Crippen LogP contribution in [0.15, 0.2) is 94.1 Å². The molecule has 0 fully saturated rings. The predicted molar refractivity (Wildman–Crippen MR) is 166 cm³/mol. The first-order chi connectivity index (χ1) is 20.7. The first-order valence-electron chi connectivity index (χ1n) is 11.9. The van der Waals surface area contributed by atoms with Crippen LogP contribution in [0.25, 0.3) is 0 Å². The zero-order valence-corrected chi connectivity index (χ0v) is 35.8. The molecule has 4 aromatic rings. The second kappa shape index (κ2) is 28.4. The van der Waals surface area contributed by atoms with Crippen molar-refractivity contribution in [2.75, 3.05) is 14.2 Å². The normalized spacial score (nSPS) is 8.84. The average molecular weight is 865 g/mol. The predicted octanol–water partition coefficient (Wildman–Crippen LogP) is -0.317. The van der Waals surface area contributed by atoms with Crippen molar-refractivity contribution in [3.8, 4) is 11.5 Å². The molecule has 45 heavy (non-hydrogen) atoms. The molecule has 0 aliphatic heterocycles. The van der Waals surface area contributed by atoms with E-state index >= 15 is 0 Å². The summed E-state index contributed by atoms with van der Waals surface area (Å²) >= 11 is 9.64. The Labute approximate surface area is 372 Å². The third-order valence-electron chi connectivity index (χ3n) is 4.70. The molecule has 11 nitrogen and oxygen atoms in total. The number of aromatic nitrogens is 2. The molecule has 0 aliphatic carbocycles. The molecule has 1 N–H and O–H groups in total. The van der Waals surface area contributed by atoms with Crippen LogP contribution in [-0.2, 0) is 31.1 Å². The Morgan fingerprint density at radius 3 is 1.69 bits per heavy atom. The number of pyridine rings is 2. The summed E-state index contributed by atoms with van der Waals surface area (Å²) in [5, 5.41) is 18.5. The van der Waals surface area contributed by atoms with Crippen LogP contribution in [0.3, 0.4) is 0 Å². The third-order valence-corrected chi connectivity index (χ3v) is 6.23. The molecule has 0 saturated heterocycles. The van der Waals surface area contributed by atoms with E-state index in [1.54, 1.807) is 12.1 Å². The Morgan fingerprint density at radius 1 is 0.800 bits per heavy atom. The molecule has 16 heteroatoms. The van der Waals surface area contributed by atoms with Gasteiger partial charge in [0, 0.05) is 5.33 Å². The zero-order chi connectivity index (χ0) is 32.0. The molecule has 0 spiro atoms. The number of rotatable bonds is 7. The minimum absolute atomic E-state index is 0. The van der Waals surface area contributed by atoms with Gasteiger partial charge in [0.1, 0.15) is 21.6 Å². The van der Waals surface area contributed by atoms with Gasteiger partial charge in [-0.3, -0.25) is 4.79 Å². The summed E-state index contributed by atoms with van der Waals surface area (Å²) in [6.45, 7) is 0.189. The first-order valence-corrected chi connectivity index (χ1v) is 14.6. The summed E-state index contributed by atoms with van der Waals surface area (Å²) in [5.41, 5.74) is 2.41. The summed E-state index contributed by atoms with van der Waals surface area (Å²) in [5.74, 6) is -0.970. The van der Waals surface area contributed by atoms with Crippen molar-refractivity contribution >= 4 is 66.2 Å². The molecule has 0 aliphatic rings. The van der Waals surface area contributed by atoms with Gasteiger partial charge < -0.3 is 30.9 Å². The van der Waals surface area contributed by atoms with Crippen molar-refractivity contribution in [2.45, 2.75) is 11.9 Å². The Balaban J connectivity index is -0.000000592. The fourth-order valence-corrected chi connectivity index (χ4v) is 3.75. The number of carbonyl (C=O) groups is 3. The molecular formula is C29H27Br3K2N2O9. The van der Waals surface area contributed by atoms with Crippen LogP contribution < -0.4 is 113 Å². The van der Waals surface area contributed by atoms with Crippen LogP contribution >= 0.6 is 47.8 Å². The summed E-state index contributed by atoms with van der Waals surface area (Å²) in [6, 6.07) is 26.3. The Morgan fingerprint density at radius 2 is 1.24 bits per heavy atom. The van der Waals surface area contributed by atoms with Crippen LogP contribution in [0.1, 0.15) is 33.5 Å². The maximum Gasteiger partial charge on any atom is 1.00 e. The van der Waals surface area contributed by atoms with Gasteiger partial charge in [-0.2, -0.15) is 0 Å². The number of nitrogens with zero attached hydrogens (tertiary/aromatic N) is 2. The second-order valence-electron chi connectivity index (χ2n) is 7.55. The molecule has 4 rings (SSSR count). The van der Waals surface area contributed by atoms with E-state index in [2.05, 4.69) is 84.3 Å². The van der Waals surface area contributed by atoms with E-state index < -0.39 is 11.9 Å². The SMILES string of the molecule is BrCc1ccccc1.COC(=O)c1nc(Br)ccc1O.COC(=O)c1nc(Br)ccc1OCc1ccccc1.O=CO[O-].[H-].[K+].[K+]. The maximum atomic E-state index is 11.6. The van der Waals surface area contributed by atoms with Gasteiger partial charge in [-0.05, 0) is 67.3 Å². The minimum atomic E-state index is -0.659. The van der Waals surface area contributed by atoms with Crippen molar-refractivity contribution in [3.05, 3.63) is 117 Å². The van der Waals surface area contributed by atoms with Crippen LogP contribution in [0.2, 0.25) is 0 Å². The second-order valence-corrected chi connectivity index (χ2v) is 9.74. The smallest absolute Gasteiger partial charge is 1.00 e. The van der Waals surface area contributed by atoms with Crippen molar-refractivity contribution in [1.82, 2.24) is 9.97 Å². The molecule has 0 saturated carbocycles. The topological polar surface area (TPSA) is 157 Å². The number of alkyl halides is 1. The largest absolute Gasteiger partial charge is 1.00 e. The summed E-state index contributed by atoms with van der Waals surface area (Å²) in [4.78, 5) is 41.6. The van der Waals surface area contributed by atoms with Gasteiger partial charge in [-0.1, -0.05) is 76.6 Å². The van der Waals surface area contributed by atoms with Gasteiger partial charge in [-0.15, -0.1) is 0 Å². The van der Waals surface area contributed by atoms with Crippen LogP contribution in [-0.4, -0.2) is 47.7 Å². The molecule has 0 unspecified atom stereocenters. The number of carbonyl (C=O) groups excluding carboxylic acids is 3. The molecular weight excluding hydrogens is 838 g/mol. The Bertz CT molecular complexity index is 1430. The van der Waals surface area contributed by atoms with E-state index in [-0.39, 0.29) is 128 Å². The standard InChI is InChI=1S/C14H12BrNO3.C7H6BrNO3.C7H7Br.CH2O3.2K.H/c1-18-14(17)13-11(7-8-12(15)16-13)19-9-10-5-3-2-4-6-10;1-12-7(11)6-4(10)2-3-5(8)9-6;8-6-7-4-2-1-3-5-7;2-1-4-3;;;/h2-8H,9H2,1H3;2-3,10H,1H3;1-5H,6H2;1,3H;;;/q;;;;2*+1;-1/p-1. The van der Waals surface area contributed by atoms with Crippen LogP contribution in [0, 0.1) is 0 Å². The van der Waals surface area contributed by atoms with Gasteiger partial charge in [0.15, 0.2) is 17.1 Å². The molecule has 230 valence electrons. The van der Waals surface area contributed by atoms with Gasteiger partial charge in [0.25, 0.3) is 6.47 Å². The van der Waals surface area contributed by atoms with Crippen LogP contribution in [0.5, 0.6) is 11.5 Å². The van der Waals surface area contributed by atoms with E-state index in [1.807, 2.05) is 48.5 Å². The van der Waals surface area contributed by atoms with Gasteiger partial charge >= 0.3 is 115 Å². The number of hydrogen-bond donors (Lipinski definition) is 1. The van der Waals surface area contributed by atoms with Gasteiger partial charge in [0.05, 0.1) is 14.2 Å². The van der Waals surface area contributed by atoms with Crippen LogP contribution in [0.4, 0.5) is 0 Å². The average Bonchev–Trinajstić information content (AvgIpc) is 3.06. The fraction of sp³-hybridized carbons (Fsp3) is 0.138. The van der Waals surface area contributed by atoms with Crippen molar-refractivity contribution < 1.29 is 148 Å². The summed E-state index contributed by atoms with van der Waals surface area (Å²) < 4.78 is 15.7. The molecule has 2 aromatic carbocycles. The molecule has 2 aromatic heterocycles. The number of methoxy groups -OCH3 is 2.